The molecule has 0 saturated carbocycles. The summed E-state index contributed by atoms with van der Waals surface area (Å²) in [7, 11) is 0. The zero-order valence-corrected chi connectivity index (χ0v) is 12.5. The maximum atomic E-state index is 13.0. The number of hydrogen-bond acceptors (Lipinski definition) is 0. The van der Waals surface area contributed by atoms with Gasteiger partial charge < -0.3 is 0 Å². The smallest absolute Gasteiger partial charge is 0.123 e. The van der Waals surface area contributed by atoms with Crippen molar-refractivity contribution in [1.82, 2.24) is 0 Å². The van der Waals surface area contributed by atoms with Gasteiger partial charge in [0.2, 0.25) is 0 Å². The first-order chi connectivity index (χ1) is 11.3. The lowest BCUT2D eigenvalue weighted by molar-refractivity contribution is 0.628. The molecule has 1 heteroatoms. The van der Waals surface area contributed by atoms with Crippen molar-refractivity contribution in [3.05, 3.63) is 95.8 Å². The average molecular weight is 298 g/mol. The summed E-state index contributed by atoms with van der Waals surface area (Å²) < 4.78 is 13.0. The molecule has 0 heterocycles. The highest BCUT2D eigenvalue weighted by atomic mass is 19.1. The second-order valence-corrected chi connectivity index (χ2v) is 5.62. The zero-order chi connectivity index (χ0) is 15.6. The summed E-state index contributed by atoms with van der Waals surface area (Å²) >= 11 is 0. The van der Waals surface area contributed by atoms with Crippen molar-refractivity contribution >= 4 is 33.7 Å². The second-order valence-electron chi connectivity index (χ2n) is 5.62. The highest BCUT2D eigenvalue weighted by molar-refractivity contribution is 6.07. The van der Waals surface area contributed by atoms with E-state index in [1.165, 1.54) is 39.2 Å². The molecule has 23 heavy (non-hydrogen) atoms. The summed E-state index contributed by atoms with van der Waals surface area (Å²) in [6.45, 7) is 0. The van der Waals surface area contributed by atoms with E-state index in [0.29, 0.717) is 0 Å². The van der Waals surface area contributed by atoms with Crippen molar-refractivity contribution in [3.8, 4) is 0 Å². The Morgan fingerprint density at radius 3 is 1.78 bits per heavy atom. The lowest BCUT2D eigenvalue weighted by atomic mass is 9.96. The Hall–Kier alpha value is -2.93. The van der Waals surface area contributed by atoms with Gasteiger partial charge in [0.05, 0.1) is 0 Å². The Labute approximate surface area is 134 Å². The van der Waals surface area contributed by atoms with Crippen LogP contribution in [0.25, 0.3) is 33.7 Å². The molecule has 0 aromatic heterocycles. The van der Waals surface area contributed by atoms with E-state index in [1.54, 1.807) is 12.1 Å². The molecular weight excluding hydrogens is 283 g/mol. The van der Waals surface area contributed by atoms with Crippen molar-refractivity contribution < 1.29 is 4.39 Å². The molecular formula is C22H15F. The molecule has 0 N–H and O–H groups in total. The lowest BCUT2D eigenvalue weighted by Gasteiger charge is -2.08. The summed E-state index contributed by atoms with van der Waals surface area (Å²) in [5.74, 6) is -0.210. The van der Waals surface area contributed by atoms with Crippen LogP contribution in [0.5, 0.6) is 0 Å². The van der Waals surface area contributed by atoms with E-state index in [4.69, 9.17) is 0 Å². The average Bonchev–Trinajstić information content (AvgIpc) is 2.60. The fourth-order valence-corrected chi connectivity index (χ4v) is 2.98. The van der Waals surface area contributed by atoms with Crippen LogP contribution in [0.15, 0.2) is 78.9 Å². The Kier molecular flexibility index (Phi) is 3.39. The minimum Gasteiger partial charge on any atom is -0.207 e. The van der Waals surface area contributed by atoms with Crippen molar-refractivity contribution in [3.63, 3.8) is 0 Å². The predicted octanol–water partition coefficient (Wildman–Crippen LogP) is 6.30. The van der Waals surface area contributed by atoms with Gasteiger partial charge in [-0.1, -0.05) is 72.8 Å². The Bertz CT molecular complexity index is 957. The quantitative estimate of drug-likeness (QED) is 0.301. The molecule has 0 atom stereocenters. The van der Waals surface area contributed by atoms with Gasteiger partial charge in [0.1, 0.15) is 5.82 Å². The van der Waals surface area contributed by atoms with Crippen molar-refractivity contribution in [2.75, 3.05) is 0 Å². The van der Waals surface area contributed by atoms with Crippen LogP contribution in [0.3, 0.4) is 0 Å². The van der Waals surface area contributed by atoms with Crippen molar-refractivity contribution in [2.45, 2.75) is 0 Å². The molecule has 0 nitrogen and oxygen atoms in total. The van der Waals surface area contributed by atoms with E-state index in [1.807, 2.05) is 6.08 Å². The Morgan fingerprint density at radius 1 is 0.609 bits per heavy atom. The molecule has 0 amide bonds. The van der Waals surface area contributed by atoms with Crippen molar-refractivity contribution in [2.24, 2.45) is 0 Å². The van der Waals surface area contributed by atoms with Gasteiger partial charge in [-0.2, -0.15) is 0 Å². The molecule has 110 valence electrons. The molecule has 4 aromatic carbocycles. The summed E-state index contributed by atoms with van der Waals surface area (Å²) in [5, 5.41) is 4.91. The van der Waals surface area contributed by atoms with Gasteiger partial charge in [0, 0.05) is 0 Å². The normalized spacial score (nSPS) is 11.5. The molecule has 4 rings (SSSR count). The molecule has 0 bridgehead atoms. The first-order valence-electron chi connectivity index (χ1n) is 7.65. The van der Waals surface area contributed by atoms with E-state index in [2.05, 4.69) is 60.7 Å². The fourth-order valence-electron chi connectivity index (χ4n) is 2.98. The highest BCUT2D eigenvalue weighted by Gasteiger charge is 2.04. The summed E-state index contributed by atoms with van der Waals surface area (Å²) in [6.07, 6.45) is 4.16. The van der Waals surface area contributed by atoms with Crippen LogP contribution < -0.4 is 0 Å². The van der Waals surface area contributed by atoms with Crippen LogP contribution >= 0.6 is 0 Å². The number of benzene rings is 4. The summed E-state index contributed by atoms with van der Waals surface area (Å²) in [5.41, 5.74) is 2.19. The number of hydrogen-bond donors (Lipinski definition) is 0. The third kappa shape index (κ3) is 2.62. The van der Waals surface area contributed by atoms with Gasteiger partial charge in [-0.15, -0.1) is 0 Å². The molecule has 0 aliphatic carbocycles. The standard InChI is InChI=1S/C22H15F/c23-19-12-9-16(10-13-19)11-14-22-20-7-3-1-5-17(20)15-18-6-2-4-8-21(18)22/h1-15H/b14-11+. The molecule has 0 unspecified atom stereocenters. The number of fused-ring (bicyclic) bond motifs is 2. The van der Waals surface area contributed by atoms with E-state index in [0.717, 1.165) is 5.56 Å². The second kappa shape index (κ2) is 5.69. The zero-order valence-electron chi connectivity index (χ0n) is 12.5. The predicted molar refractivity (Wildman–Crippen MR) is 96.8 cm³/mol. The van der Waals surface area contributed by atoms with Gasteiger partial charge in [-0.05, 0) is 50.9 Å². The Balaban J connectivity index is 1.93. The van der Waals surface area contributed by atoms with Gasteiger partial charge in [-0.25, -0.2) is 4.39 Å². The largest absolute Gasteiger partial charge is 0.207 e. The molecule has 4 aromatic rings. The highest BCUT2D eigenvalue weighted by Crippen LogP contribution is 2.29. The van der Waals surface area contributed by atoms with Crippen LogP contribution in [0.1, 0.15) is 11.1 Å². The van der Waals surface area contributed by atoms with E-state index < -0.39 is 0 Å². The first kappa shape index (κ1) is 13.7. The van der Waals surface area contributed by atoms with Crippen molar-refractivity contribution in [1.29, 1.82) is 0 Å². The van der Waals surface area contributed by atoms with Crippen LogP contribution in [-0.4, -0.2) is 0 Å². The third-order valence-corrected chi connectivity index (χ3v) is 4.13. The van der Waals surface area contributed by atoms with Crippen LogP contribution in [0, 0.1) is 5.82 Å². The SMILES string of the molecule is Fc1ccc(/C=C/c2c3ccccc3cc3ccccc23)cc1. The minimum absolute atomic E-state index is 0.210. The van der Waals surface area contributed by atoms with Crippen LogP contribution in [0.4, 0.5) is 4.39 Å². The van der Waals surface area contributed by atoms with Gasteiger partial charge >= 0.3 is 0 Å². The molecule has 0 aliphatic rings. The fraction of sp³-hybridized carbons (Fsp3) is 0. The first-order valence-corrected chi connectivity index (χ1v) is 7.65. The third-order valence-electron chi connectivity index (χ3n) is 4.13. The number of halogens is 1. The van der Waals surface area contributed by atoms with Crippen LogP contribution in [0.2, 0.25) is 0 Å². The molecule has 0 saturated heterocycles. The lowest BCUT2D eigenvalue weighted by Crippen LogP contribution is -1.83. The molecule has 0 aliphatic heterocycles. The molecule has 0 fully saturated rings. The number of rotatable bonds is 2. The van der Waals surface area contributed by atoms with Gasteiger partial charge in [-0.3, -0.25) is 0 Å². The minimum atomic E-state index is -0.210. The van der Waals surface area contributed by atoms with E-state index in [9.17, 15) is 4.39 Å². The monoisotopic (exact) mass is 298 g/mol. The summed E-state index contributed by atoms with van der Waals surface area (Å²) in [6, 6.07) is 25.6. The molecule has 0 radical (unpaired) electrons. The molecule has 0 spiro atoms. The van der Waals surface area contributed by atoms with E-state index >= 15 is 0 Å². The summed E-state index contributed by atoms with van der Waals surface area (Å²) in [4.78, 5) is 0. The topological polar surface area (TPSA) is 0 Å². The van der Waals surface area contributed by atoms with E-state index in [-0.39, 0.29) is 5.82 Å². The maximum Gasteiger partial charge on any atom is 0.123 e. The van der Waals surface area contributed by atoms with Gasteiger partial charge in [0.15, 0.2) is 0 Å². The van der Waals surface area contributed by atoms with Crippen LogP contribution in [-0.2, 0) is 0 Å². The van der Waals surface area contributed by atoms with Gasteiger partial charge in [0.25, 0.3) is 0 Å². The maximum absolute atomic E-state index is 13.0. The Morgan fingerprint density at radius 2 is 1.17 bits per heavy atom.